The summed E-state index contributed by atoms with van der Waals surface area (Å²) < 4.78 is 1.78. The van der Waals surface area contributed by atoms with Crippen LogP contribution in [0.3, 0.4) is 0 Å². The third-order valence-electron chi connectivity index (χ3n) is 2.75. The summed E-state index contributed by atoms with van der Waals surface area (Å²) in [6.45, 7) is 1.42. The maximum absolute atomic E-state index is 9.76. The quantitative estimate of drug-likeness (QED) is 0.631. The van der Waals surface area contributed by atoms with E-state index >= 15 is 0 Å². The molecule has 0 radical (unpaired) electrons. The Labute approximate surface area is 106 Å². The minimum atomic E-state index is 0.280. The van der Waals surface area contributed by atoms with Crippen molar-refractivity contribution in [2.24, 2.45) is 7.05 Å². The van der Waals surface area contributed by atoms with Crippen molar-refractivity contribution < 1.29 is 5.11 Å². The van der Waals surface area contributed by atoms with Gasteiger partial charge in [-0.1, -0.05) is 0 Å². The molecule has 0 saturated carbocycles. The van der Waals surface area contributed by atoms with Crippen LogP contribution in [-0.2, 0) is 20.1 Å². The number of benzene rings is 1. The second-order valence-corrected chi connectivity index (χ2v) is 4.58. The molecule has 0 fully saturated rings. The molecule has 1 aromatic carbocycles. The fourth-order valence-corrected chi connectivity index (χ4v) is 1.94. The first-order valence-corrected chi connectivity index (χ1v) is 5.78. The van der Waals surface area contributed by atoms with Gasteiger partial charge in [0.15, 0.2) is 0 Å². The van der Waals surface area contributed by atoms with Crippen LogP contribution in [0.5, 0.6) is 5.75 Å². The van der Waals surface area contributed by atoms with Crippen LogP contribution in [0.1, 0.15) is 11.1 Å². The first-order chi connectivity index (χ1) is 8.54. The SMILES string of the molecule is CN(Cc1cnn(C)c1)Cc1cc(N)ccc1O. The van der Waals surface area contributed by atoms with Crippen molar-refractivity contribution in [3.05, 3.63) is 41.7 Å². The molecule has 1 heterocycles. The van der Waals surface area contributed by atoms with Crippen LogP contribution in [0.2, 0.25) is 0 Å². The first-order valence-electron chi connectivity index (χ1n) is 5.78. The van der Waals surface area contributed by atoms with Gasteiger partial charge in [-0.15, -0.1) is 0 Å². The Hall–Kier alpha value is -2.01. The fourth-order valence-electron chi connectivity index (χ4n) is 1.94. The van der Waals surface area contributed by atoms with Gasteiger partial charge in [-0.2, -0.15) is 5.10 Å². The number of aromatic nitrogens is 2. The molecule has 2 rings (SSSR count). The summed E-state index contributed by atoms with van der Waals surface area (Å²) in [5.41, 5.74) is 8.36. The van der Waals surface area contributed by atoms with Crippen molar-refractivity contribution in [3.63, 3.8) is 0 Å². The lowest BCUT2D eigenvalue weighted by Gasteiger charge is -2.16. The second kappa shape index (κ2) is 5.10. The molecule has 0 unspecified atom stereocenters. The molecule has 0 atom stereocenters. The van der Waals surface area contributed by atoms with E-state index in [0.29, 0.717) is 12.2 Å². The number of phenols is 1. The van der Waals surface area contributed by atoms with Crippen molar-refractivity contribution in [3.8, 4) is 5.75 Å². The maximum Gasteiger partial charge on any atom is 0.120 e. The van der Waals surface area contributed by atoms with Crippen LogP contribution in [-0.4, -0.2) is 26.8 Å². The van der Waals surface area contributed by atoms with E-state index in [1.165, 1.54) is 0 Å². The van der Waals surface area contributed by atoms with Gasteiger partial charge < -0.3 is 10.8 Å². The molecule has 96 valence electrons. The number of nitrogens with two attached hydrogens (primary N) is 1. The van der Waals surface area contributed by atoms with Crippen molar-refractivity contribution in [1.82, 2.24) is 14.7 Å². The smallest absolute Gasteiger partial charge is 0.120 e. The van der Waals surface area contributed by atoms with Crippen molar-refractivity contribution in [1.29, 1.82) is 0 Å². The van der Waals surface area contributed by atoms with Gasteiger partial charge in [0.2, 0.25) is 0 Å². The summed E-state index contributed by atoms with van der Waals surface area (Å²) in [6, 6.07) is 5.12. The van der Waals surface area contributed by atoms with Gasteiger partial charge in [0.25, 0.3) is 0 Å². The van der Waals surface area contributed by atoms with Gasteiger partial charge in [0.05, 0.1) is 6.20 Å². The van der Waals surface area contributed by atoms with Gasteiger partial charge in [-0.05, 0) is 25.2 Å². The third-order valence-corrected chi connectivity index (χ3v) is 2.75. The zero-order chi connectivity index (χ0) is 13.1. The van der Waals surface area contributed by atoms with Gasteiger partial charge in [0, 0.05) is 43.1 Å². The van der Waals surface area contributed by atoms with Crippen molar-refractivity contribution in [2.75, 3.05) is 12.8 Å². The van der Waals surface area contributed by atoms with Crippen molar-refractivity contribution >= 4 is 5.69 Å². The Morgan fingerprint density at radius 1 is 1.39 bits per heavy atom. The van der Waals surface area contributed by atoms with E-state index in [1.807, 2.05) is 26.5 Å². The average Bonchev–Trinajstić information content (AvgIpc) is 2.69. The molecular formula is C13H18N4O. The summed E-state index contributed by atoms with van der Waals surface area (Å²) >= 11 is 0. The molecule has 0 aliphatic carbocycles. The Morgan fingerprint density at radius 2 is 2.17 bits per heavy atom. The lowest BCUT2D eigenvalue weighted by Crippen LogP contribution is -2.17. The Morgan fingerprint density at radius 3 is 2.83 bits per heavy atom. The van der Waals surface area contributed by atoms with Crippen LogP contribution in [0, 0.1) is 0 Å². The molecule has 0 bridgehead atoms. The lowest BCUT2D eigenvalue weighted by atomic mass is 10.1. The summed E-state index contributed by atoms with van der Waals surface area (Å²) in [5, 5.41) is 13.9. The molecule has 0 aliphatic rings. The highest BCUT2D eigenvalue weighted by molar-refractivity contribution is 5.47. The predicted octanol–water partition coefficient (Wildman–Crippen LogP) is 1.34. The minimum Gasteiger partial charge on any atom is -0.508 e. The van der Waals surface area contributed by atoms with Gasteiger partial charge in [-0.3, -0.25) is 9.58 Å². The molecule has 3 N–H and O–H groups in total. The number of hydrogen-bond donors (Lipinski definition) is 2. The molecule has 0 aliphatic heterocycles. The van der Waals surface area contributed by atoms with E-state index in [0.717, 1.165) is 17.7 Å². The molecule has 5 nitrogen and oxygen atoms in total. The van der Waals surface area contributed by atoms with Crippen LogP contribution < -0.4 is 5.73 Å². The number of nitrogen functional groups attached to an aromatic ring is 1. The van der Waals surface area contributed by atoms with E-state index < -0.39 is 0 Å². The highest BCUT2D eigenvalue weighted by Gasteiger charge is 2.07. The topological polar surface area (TPSA) is 67.3 Å². The second-order valence-electron chi connectivity index (χ2n) is 4.58. The summed E-state index contributed by atoms with van der Waals surface area (Å²) in [4.78, 5) is 2.10. The normalized spacial score (nSPS) is 11.1. The summed E-state index contributed by atoms with van der Waals surface area (Å²) in [7, 11) is 3.89. The average molecular weight is 246 g/mol. The Balaban J connectivity index is 2.02. The van der Waals surface area contributed by atoms with E-state index in [2.05, 4.69) is 10.00 Å². The molecule has 0 amide bonds. The number of rotatable bonds is 4. The third kappa shape index (κ3) is 3.01. The molecular weight excluding hydrogens is 228 g/mol. The number of hydrogen-bond acceptors (Lipinski definition) is 4. The first kappa shape index (κ1) is 12.4. The molecule has 18 heavy (non-hydrogen) atoms. The van der Waals surface area contributed by atoms with Crippen LogP contribution >= 0.6 is 0 Å². The van der Waals surface area contributed by atoms with E-state index in [4.69, 9.17) is 5.73 Å². The Kier molecular flexibility index (Phi) is 3.53. The number of nitrogens with zero attached hydrogens (tertiary/aromatic N) is 3. The van der Waals surface area contributed by atoms with E-state index in [9.17, 15) is 5.11 Å². The van der Waals surface area contributed by atoms with Gasteiger partial charge >= 0.3 is 0 Å². The Bertz CT molecular complexity index is 536. The standard InChI is InChI=1S/C13H18N4O/c1-16(7-10-6-15-17(2)8-10)9-11-5-12(14)3-4-13(11)18/h3-6,8,18H,7,9,14H2,1-2H3. The highest BCUT2D eigenvalue weighted by Crippen LogP contribution is 2.21. The monoisotopic (exact) mass is 246 g/mol. The maximum atomic E-state index is 9.76. The number of aromatic hydroxyl groups is 1. The van der Waals surface area contributed by atoms with Crippen LogP contribution in [0.25, 0.3) is 0 Å². The molecule has 2 aromatic rings. The molecule has 1 aromatic heterocycles. The fraction of sp³-hybridized carbons (Fsp3) is 0.308. The number of anilines is 1. The van der Waals surface area contributed by atoms with E-state index in [1.54, 1.807) is 22.9 Å². The molecule has 0 saturated heterocycles. The lowest BCUT2D eigenvalue weighted by molar-refractivity contribution is 0.312. The number of phenolic OH excluding ortho intramolecular Hbond substituents is 1. The summed E-state index contributed by atoms with van der Waals surface area (Å²) in [6.07, 6.45) is 3.82. The highest BCUT2D eigenvalue weighted by atomic mass is 16.3. The van der Waals surface area contributed by atoms with Crippen LogP contribution in [0.15, 0.2) is 30.6 Å². The number of aryl methyl sites for hydroxylation is 1. The minimum absolute atomic E-state index is 0.280. The predicted molar refractivity (Wildman–Crippen MR) is 70.9 cm³/mol. The van der Waals surface area contributed by atoms with E-state index in [-0.39, 0.29) is 5.75 Å². The molecule has 0 spiro atoms. The van der Waals surface area contributed by atoms with Gasteiger partial charge in [-0.25, -0.2) is 0 Å². The van der Waals surface area contributed by atoms with Crippen LogP contribution in [0.4, 0.5) is 5.69 Å². The zero-order valence-corrected chi connectivity index (χ0v) is 10.7. The largest absolute Gasteiger partial charge is 0.508 e. The van der Waals surface area contributed by atoms with Gasteiger partial charge in [0.1, 0.15) is 5.75 Å². The summed E-state index contributed by atoms with van der Waals surface area (Å²) in [5.74, 6) is 0.280. The molecule has 5 heteroatoms. The van der Waals surface area contributed by atoms with Crippen molar-refractivity contribution in [2.45, 2.75) is 13.1 Å². The zero-order valence-electron chi connectivity index (χ0n) is 10.7.